The highest BCUT2D eigenvalue weighted by Gasteiger charge is 2.10. The Hall–Kier alpha value is -2.09. The van der Waals surface area contributed by atoms with Gasteiger partial charge in [-0.3, -0.25) is 4.79 Å². The first-order valence-electron chi connectivity index (χ1n) is 6.75. The summed E-state index contributed by atoms with van der Waals surface area (Å²) in [6.07, 6.45) is 0.444. The number of Topliss-reactive ketones (excluding diaryl/α,β-unsaturated/α-hetero) is 1. The Morgan fingerprint density at radius 1 is 1.00 bits per heavy atom. The van der Waals surface area contributed by atoms with Crippen molar-refractivity contribution in [3.63, 3.8) is 0 Å². The van der Waals surface area contributed by atoms with E-state index in [1.165, 1.54) is 5.56 Å². The van der Waals surface area contributed by atoms with Gasteiger partial charge in [-0.1, -0.05) is 23.8 Å². The van der Waals surface area contributed by atoms with E-state index in [0.29, 0.717) is 6.42 Å². The van der Waals surface area contributed by atoms with E-state index in [4.69, 9.17) is 4.74 Å². The molecule has 0 aliphatic rings. The number of ketones is 1. The summed E-state index contributed by atoms with van der Waals surface area (Å²) in [6, 6.07) is 11.8. The molecule has 0 aromatic heterocycles. The fourth-order valence-corrected chi connectivity index (χ4v) is 2.32. The standard InChI is InChI=1S/C18H20O2/c1-12-5-6-13(2)16(9-12)11-17(19)15-7-8-18(20-4)14(3)10-15/h5-10H,11H2,1-4H3. The van der Waals surface area contributed by atoms with Gasteiger partial charge in [0.05, 0.1) is 7.11 Å². The highest BCUT2D eigenvalue weighted by atomic mass is 16.5. The zero-order valence-corrected chi connectivity index (χ0v) is 12.5. The smallest absolute Gasteiger partial charge is 0.167 e. The fraction of sp³-hybridized carbons (Fsp3) is 0.278. The summed E-state index contributed by atoms with van der Waals surface area (Å²) in [5.74, 6) is 0.956. The van der Waals surface area contributed by atoms with Crippen molar-refractivity contribution in [3.8, 4) is 5.75 Å². The van der Waals surface area contributed by atoms with E-state index in [0.717, 1.165) is 28.0 Å². The van der Waals surface area contributed by atoms with Crippen LogP contribution in [0.25, 0.3) is 0 Å². The Balaban J connectivity index is 2.24. The minimum atomic E-state index is 0.143. The van der Waals surface area contributed by atoms with Crippen molar-refractivity contribution in [1.29, 1.82) is 0 Å². The molecule has 2 aromatic rings. The van der Waals surface area contributed by atoms with Crippen LogP contribution in [0, 0.1) is 20.8 Å². The van der Waals surface area contributed by atoms with Gasteiger partial charge in [-0.15, -0.1) is 0 Å². The molecule has 0 heterocycles. The van der Waals surface area contributed by atoms with Gasteiger partial charge in [-0.05, 0) is 55.7 Å². The molecule has 0 atom stereocenters. The SMILES string of the molecule is COc1ccc(C(=O)Cc2cc(C)ccc2C)cc1C. The van der Waals surface area contributed by atoms with Crippen LogP contribution in [0.3, 0.4) is 0 Å². The highest BCUT2D eigenvalue weighted by Crippen LogP contribution is 2.20. The zero-order valence-electron chi connectivity index (χ0n) is 12.5. The first-order chi connectivity index (χ1) is 9.51. The van der Waals surface area contributed by atoms with Gasteiger partial charge >= 0.3 is 0 Å². The summed E-state index contributed by atoms with van der Waals surface area (Å²) in [5.41, 5.74) is 5.17. The lowest BCUT2D eigenvalue weighted by atomic mass is 9.97. The van der Waals surface area contributed by atoms with Crippen LogP contribution >= 0.6 is 0 Å². The second kappa shape index (κ2) is 5.91. The highest BCUT2D eigenvalue weighted by molar-refractivity contribution is 5.98. The second-order valence-electron chi connectivity index (χ2n) is 5.21. The third-order valence-electron chi connectivity index (χ3n) is 3.57. The molecule has 2 nitrogen and oxygen atoms in total. The minimum Gasteiger partial charge on any atom is -0.496 e. The van der Waals surface area contributed by atoms with Gasteiger partial charge in [-0.2, -0.15) is 0 Å². The summed E-state index contributed by atoms with van der Waals surface area (Å²) in [6.45, 7) is 6.04. The molecule has 2 heteroatoms. The molecule has 0 saturated carbocycles. The molecule has 0 bridgehead atoms. The van der Waals surface area contributed by atoms with Crippen LogP contribution < -0.4 is 4.74 Å². The molecule has 0 spiro atoms. The van der Waals surface area contributed by atoms with Crippen LogP contribution in [0.5, 0.6) is 5.75 Å². The lowest BCUT2D eigenvalue weighted by molar-refractivity contribution is 0.0992. The summed E-state index contributed by atoms with van der Waals surface area (Å²) < 4.78 is 5.22. The van der Waals surface area contributed by atoms with Crippen LogP contribution in [-0.2, 0) is 6.42 Å². The number of methoxy groups -OCH3 is 1. The Morgan fingerprint density at radius 3 is 2.40 bits per heavy atom. The second-order valence-corrected chi connectivity index (χ2v) is 5.21. The van der Waals surface area contributed by atoms with E-state index in [-0.39, 0.29) is 5.78 Å². The van der Waals surface area contributed by atoms with Crippen LogP contribution in [0.1, 0.15) is 32.6 Å². The van der Waals surface area contributed by atoms with Gasteiger partial charge in [0.2, 0.25) is 0 Å². The zero-order chi connectivity index (χ0) is 14.7. The molecule has 20 heavy (non-hydrogen) atoms. The van der Waals surface area contributed by atoms with Crippen LogP contribution in [-0.4, -0.2) is 12.9 Å². The van der Waals surface area contributed by atoms with E-state index in [1.807, 2.05) is 39.0 Å². The molecule has 2 aromatic carbocycles. The molecule has 104 valence electrons. The lowest BCUT2D eigenvalue weighted by Crippen LogP contribution is -2.05. The van der Waals surface area contributed by atoms with Crippen LogP contribution in [0.2, 0.25) is 0 Å². The van der Waals surface area contributed by atoms with Gasteiger partial charge in [0.15, 0.2) is 5.78 Å². The fourth-order valence-electron chi connectivity index (χ4n) is 2.32. The van der Waals surface area contributed by atoms with E-state index in [1.54, 1.807) is 7.11 Å². The third kappa shape index (κ3) is 3.08. The Bertz CT molecular complexity index is 642. The van der Waals surface area contributed by atoms with E-state index < -0.39 is 0 Å². The number of carbonyl (C=O) groups excluding carboxylic acids is 1. The molecular weight excluding hydrogens is 248 g/mol. The molecule has 0 amide bonds. The average molecular weight is 268 g/mol. The molecule has 0 radical (unpaired) electrons. The summed E-state index contributed by atoms with van der Waals surface area (Å²) in [4.78, 5) is 12.4. The number of carbonyl (C=O) groups is 1. The van der Waals surface area contributed by atoms with Gasteiger partial charge in [-0.25, -0.2) is 0 Å². The number of aryl methyl sites for hydroxylation is 3. The summed E-state index contributed by atoms with van der Waals surface area (Å²) in [5, 5.41) is 0. The van der Waals surface area contributed by atoms with Crippen molar-refractivity contribution >= 4 is 5.78 Å². The molecule has 2 rings (SSSR count). The Labute approximate surface area is 120 Å². The quantitative estimate of drug-likeness (QED) is 0.782. The predicted molar refractivity (Wildman–Crippen MR) is 81.7 cm³/mol. The molecule has 0 aliphatic carbocycles. The number of hydrogen-bond donors (Lipinski definition) is 0. The van der Waals surface area contributed by atoms with Crippen LogP contribution in [0.15, 0.2) is 36.4 Å². The molecule has 0 unspecified atom stereocenters. The number of benzene rings is 2. The monoisotopic (exact) mass is 268 g/mol. The molecule has 0 saturated heterocycles. The average Bonchev–Trinajstić information content (AvgIpc) is 2.42. The van der Waals surface area contributed by atoms with Crippen molar-refractivity contribution in [3.05, 3.63) is 64.2 Å². The summed E-state index contributed by atoms with van der Waals surface area (Å²) in [7, 11) is 1.64. The topological polar surface area (TPSA) is 26.3 Å². The number of rotatable bonds is 4. The van der Waals surface area contributed by atoms with Crippen molar-refractivity contribution in [2.75, 3.05) is 7.11 Å². The van der Waals surface area contributed by atoms with Gasteiger partial charge in [0.1, 0.15) is 5.75 Å². The first-order valence-corrected chi connectivity index (χ1v) is 6.75. The maximum Gasteiger partial charge on any atom is 0.167 e. The van der Waals surface area contributed by atoms with Crippen molar-refractivity contribution in [1.82, 2.24) is 0 Å². The molecule has 0 N–H and O–H groups in total. The summed E-state index contributed by atoms with van der Waals surface area (Å²) >= 11 is 0. The van der Waals surface area contributed by atoms with E-state index >= 15 is 0 Å². The number of hydrogen-bond acceptors (Lipinski definition) is 2. The van der Waals surface area contributed by atoms with Crippen molar-refractivity contribution in [2.45, 2.75) is 27.2 Å². The van der Waals surface area contributed by atoms with Gasteiger partial charge in [0, 0.05) is 12.0 Å². The van der Waals surface area contributed by atoms with E-state index in [9.17, 15) is 4.79 Å². The third-order valence-corrected chi connectivity index (χ3v) is 3.57. The first kappa shape index (κ1) is 14.3. The molecule has 0 aliphatic heterocycles. The maximum absolute atomic E-state index is 12.4. The Morgan fingerprint density at radius 2 is 1.75 bits per heavy atom. The number of ether oxygens (including phenoxy) is 1. The van der Waals surface area contributed by atoms with Crippen molar-refractivity contribution in [2.24, 2.45) is 0 Å². The minimum absolute atomic E-state index is 0.143. The molecule has 0 fully saturated rings. The van der Waals surface area contributed by atoms with Crippen molar-refractivity contribution < 1.29 is 9.53 Å². The predicted octanol–water partition coefficient (Wildman–Crippen LogP) is 4.05. The van der Waals surface area contributed by atoms with Gasteiger partial charge in [0.25, 0.3) is 0 Å². The van der Waals surface area contributed by atoms with Crippen LogP contribution in [0.4, 0.5) is 0 Å². The largest absolute Gasteiger partial charge is 0.496 e. The maximum atomic E-state index is 12.4. The van der Waals surface area contributed by atoms with E-state index in [2.05, 4.69) is 18.2 Å². The van der Waals surface area contributed by atoms with Gasteiger partial charge < -0.3 is 4.74 Å². The lowest BCUT2D eigenvalue weighted by Gasteiger charge is -2.09. The normalized spacial score (nSPS) is 10.4. The Kier molecular flexibility index (Phi) is 4.23. The molecular formula is C18H20O2.